The van der Waals surface area contributed by atoms with Crippen LogP contribution >= 0.6 is 0 Å². The molecule has 6 heteroatoms. The van der Waals surface area contributed by atoms with Gasteiger partial charge in [0.15, 0.2) is 0 Å². The molecular formula is C28H29F2N3O. The van der Waals surface area contributed by atoms with E-state index < -0.39 is 11.6 Å². The van der Waals surface area contributed by atoms with Gasteiger partial charge < -0.3 is 9.88 Å². The number of nitrogens with one attached hydrogen (secondary N) is 1. The minimum absolute atomic E-state index is 0.127. The Morgan fingerprint density at radius 3 is 2.74 bits per heavy atom. The third kappa shape index (κ3) is 3.47. The van der Waals surface area contributed by atoms with Crippen molar-refractivity contribution in [2.24, 2.45) is 0 Å². The Morgan fingerprint density at radius 2 is 1.94 bits per heavy atom. The van der Waals surface area contributed by atoms with E-state index in [2.05, 4.69) is 41.9 Å². The minimum atomic E-state index is -0.564. The van der Waals surface area contributed by atoms with Crippen molar-refractivity contribution in [3.05, 3.63) is 70.4 Å². The first-order chi connectivity index (χ1) is 16.3. The van der Waals surface area contributed by atoms with Crippen LogP contribution < -0.4 is 4.90 Å². The molecule has 0 atom stereocenters. The van der Waals surface area contributed by atoms with Crippen LogP contribution in [0.3, 0.4) is 0 Å². The van der Waals surface area contributed by atoms with Gasteiger partial charge in [-0.15, -0.1) is 0 Å². The molecule has 1 N–H and O–H groups in total. The number of benzene rings is 2. The molecule has 0 fully saturated rings. The maximum Gasteiger partial charge on any atom is 0.227 e. The lowest BCUT2D eigenvalue weighted by Gasteiger charge is -2.37. The monoisotopic (exact) mass is 461 g/mol. The predicted octanol–water partition coefficient (Wildman–Crippen LogP) is 5.35. The van der Waals surface area contributed by atoms with Crippen molar-refractivity contribution in [2.45, 2.75) is 44.9 Å². The number of hydrogen-bond acceptors (Lipinski definition) is 2. The number of H-pyrrole nitrogens is 1. The third-order valence-corrected chi connectivity index (χ3v) is 7.80. The first-order valence-corrected chi connectivity index (χ1v) is 12.1. The number of nitrogens with zero attached hydrogens (tertiary/aromatic N) is 2. The number of carbonyl (C=O) groups is 1. The standard InChI is InChI=1S/C28H29F2N3O/c1-28(2)15-25(34)33-10-6-19-11-17(12-22(28)27(19)33)3-7-32-8-4-18(5-9-32)21-16-31-24-14-20(29)13-23(30)26(21)24/h4,11-14,16,31H,3,5-10,15H2,1-2H3. The van der Waals surface area contributed by atoms with Crippen LogP contribution in [0.4, 0.5) is 14.5 Å². The number of anilines is 1. The van der Waals surface area contributed by atoms with E-state index in [1.165, 1.54) is 28.4 Å². The molecular weight excluding hydrogens is 432 g/mol. The lowest BCUT2D eigenvalue weighted by Crippen LogP contribution is -2.40. The highest BCUT2D eigenvalue weighted by molar-refractivity contribution is 6.00. The van der Waals surface area contributed by atoms with Crippen LogP contribution in [0.2, 0.25) is 0 Å². The number of amides is 1. The SMILES string of the molecule is CC1(C)CC(=O)N2CCc3cc(CCN4CC=C(c5c[nH]c6cc(F)cc(F)c56)CC4)cc1c32. The highest BCUT2D eigenvalue weighted by Crippen LogP contribution is 2.45. The van der Waals surface area contributed by atoms with Crippen LogP contribution in [0.25, 0.3) is 16.5 Å². The first kappa shape index (κ1) is 21.5. The largest absolute Gasteiger partial charge is 0.360 e. The molecule has 0 spiro atoms. The zero-order chi connectivity index (χ0) is 23.6. The van der Waals surface area contributed by atoms with Crippen LogP contribution in [-0.2, 0) is 23.1 Å². The van der Waals surface area contributed by atoms with E-state index >= 15 is 0 Å². The summed E-state index contributed by atoms with van der Waals surface area (Å²) in [6, 6.07) is 6.92. The fourth-order valence-electron chi connectivity index (χ4n) is 5.97. The first-order valence-electron chi connectivity index (χ1n) is 12.1. The molecule has 1 amide bonds. The normalized spacial score (nSPS) is 19.6. The van der Waals surface area contributed by atoms with E-state index in [1.54, 1.807) is 6.20 Å². The number of halogens is 2. The predicted molar refractivity (Wildman–Crippen MR) is 131 cm³/mol. The van der Waals surface area contributed by atoms with Crippen LogP contribution in [0.1, 0.15) is 48.9 Å². The molecule has 4 nitrogen and oxygen atoms in total. The summed E-state index contributed by atoms with van der Waals surface area (Å²) in [7, 11) is 0. The fraction of sp³-hybridized carbons (Fsp3) is 0.393. The van der Waals surface area contributed by atoms with Crippen molar-refractivity contribution in [1.82, 2.24) is 9.88 Å². The average molecular weight is 462 g/mol. The summed E-state index contributed by atoms with van der Waals surface area (Å²) in [5, 5.41) is 0.475. The van der Waals surface area contributed by atoms with Crippen molar-refractivity contribution >= 4 is 28.1 Å². The molecule has 0 radical (unpaired) electrons. The highest BCUT2D eigenvalue weighted by Gasteiger charge is 2.40. The number of rotatable bonds is 4. The Bertz CT molecular complexity index is 1350. The van der Waals surface area contributed by atoms with Crippen molar-refractivity contribution < 1.29 is 13.6 Å². The Labute approximate surface area is 198 Å². The van der Waals surface area contributed by atoms with Gasteiger partial charge in [-0.05, 0) is 47.6 Å². The highest BCUT2D eigenvalue weighted by atomic mass is 19.1. The second-order valence-electron chi connectivity index (χ2n) is 10.5. The van der Waals surface area contributed by atoms with E-state index in [1.807, 2.05) is 4.90 Å². The number of fused-ring (bicyclic) bond motifs is 1. The molecule has 2 aromatic carbocycles. The van der Waals surface area contributed by atoms with E-state index in [-0.39, 0.29) is 11.3 Å². The van der Waals surface area contributed by atoms with Crippen molar-refractivity contribution in [3.63, 3.8) is 0 Å². The third-order valence-electron chi connectivity index (χ3n) is 7.80. The van der Waals surface area contributed by atoms with E-state index in [0.717, 1.165) is 62.6 Å². The smallest absolute Gasteiger partial charge is 0.227 e. The van der Waals surface area contributed by atoms with E-state index in [0.29, 0.717) is 17.3 Å². The Kier molecular flexibility index (Phi) is 4.92. The minimum Gasteiger partial charge on any atom is -0.360 e. The quantitative estimate of drug-likeness (QED) is 0.569. The van der Waals surface area contributed by atoms with Crippen LogP contribution in [0.5, 0.6) is 0 Å². The molecule has 0 aliphatic carbocycles. The summed E-state index contributed by atoms with van der Waals surface area (Å²) in [5.41, 5.74) is 7.46. The lowest BCUT2D eigenvalue weighted by molar-refractivity contribution is -0.120. The van der Waals surface area contributed by atoms with Crippen molar-refractivity contribution in [2.75, 3.05) is 31.1 Å². The molecule has 1 aromatic heterocycles. The molecule has 34 heavy (non-hydrogen) atoms. The van der Waals surface area contributed by atoms with Crippen molar-refractivity contribution in [1.29, 1.82) is 0 Å². The maximum atomic E-state index is 14.4. The molecule has 4 heterocycles. The van der Waals surface area contributed by atoms with E-state index in [9.17, 15) is 13.6 Å². The average Bonchev–Trinajstić information content (AvgIpc) is 3.41. The maximum absolute atomic E-state index is 14.4. The van der Waals surface area contributed by atoms with Gasteiger partial charge in [0.05, 0.1) is 11.2 Å². The van der Waals surface area contributed by atoms with Crippen LogP contribution in [-0.4, -0.2) is 42.0 Å². The van der Waals surface area contributed by atoms with Gasteiger partial charge in [0, 0.05) is 61.2 Å². The Hall–Kier alpha value is -2.99. The fourth-order valence-corrected chi connectivity index (χ4v) is 5.97. The molecule has 0 saturated heterocycles. The summed E-state index contributed by atoms with van der Waals surface area (Å²) in [6.07, 6.45) is 7.29. The molecule has 3 aliphatic heterocycles. The van der Waals surface area contributed by atoms with Gasteiger partial charge in [-0.1, -0.05) is 32.1 Å². The zero-order valence-electron chi connectivity index (χ0n) is 19.7. The van der Waals surface area contributed by atoms with Gasteiger partial charge in [-0.2, -0.15) is 0 Å². The van der Waals surface area contributed by atoms with E-state index in [4.69, 9.17) is 0 Å². The molecule has 3 aliphatic rings. The number of aromatic nitrogens is 1. The summed E-state index contributed by atoms with van der Waals surface area (Å²) in [5.74, 6) is -0.830. The second kappa shape index (κ2) is 7.77. The summed E-state index contributed by atoms with van der Waals surface area (Å²) < 4.78 is 28.0. The van der Waals surface area contributed by atoms with Gasteiger partial charge in [0.1, 0.15) is 11.6 Å². The number of aromatic amines is 1. The topological polar surface area (TPSA) is 39.3 Å². The molecule has 0 saturated carbocycles. The Morgan fingerprint density at radius 1 is 1.09 bits per heavy atom. The van der Waals surface area contributed by atoms with Gasteiger partial charge in [-0.3, -0.25) is 9.69 Å². The zero-order valence-corrected chi connectivity index (χ0v) is 19.7. The number of hydrogen-bond donors (Lipinski definition) is 1. The molecule has 176 valence electrons. The summed E-state index contributed by atoms with van der Waals surface area (Å²) in [4.78, 5) is 20.0. The van der Waals surface area contributed by atoms with Gasteiger partial charge >= 0.3 is 0 Å². The number of carbonyl (C=O) groups excluding carboxylic acids is 1. The second-order valence-corrected chi connectivity index (χ2v) is 10.5. The molecule has 6 rings (SSSR count). The summed E-state index contributed by atoms with van der Waals surface area (Å²) in [6.45, 7) is 7.85. The Balaban J connectivity index is 1.18. The van der Waals surface area contributed by atoms with Gasteiger partial charge in [0.2, 0.25) is 5.91 Å². The van der Waals surface area contributed by atoms with Crippen molar-refractivity contribution in [3.8, 4) is 0 Å². The van der Waals surface area contributed by atoms with Gasteiger partial charge in [0.25, 0.3) is 0 Å². The van der Waals surface area contributed by atoms with Gasteiger partial charge in [-0.25, -0.2) is 8.78 Å². The lowest BCUT2D eigenvalue weighted by atomic mass is 9.76. The van der Waals surface area contributed by atoms with Crippen LogP contribution in [0.15, 0.2) is 36.5 Å². The molecule has 3 aromatic rings. The molecule has 0 bridgehead atoms. The molecule has 0 unspecified atom stereocenters. The summed E-state index contributed by atoms with van der Waals surface area (Å²) >= 11 is 0. The van der Waals surface area contributed by atoms with Crippen LogP contribution in [0, 0.1) is 11.6 Å².